The molecule has 4 rings (SSSR count). The molecule has 6 nitrogen and oxygen atoms in total. The van der Waals surface area contributed by atoms with Gasteiger partial charge in [-0.1, -0.05) is 18.2 Å². The summed E-state index contributed by atoms with van der Waals surface area (Å²) in [7, 11) is 0. The molecule has 2 fully saturated rings. The van der Waals surface area contributed by atoms with Crippen molar-refractivity contribution in [2.24, 2.45) is 5.92 Å². The van der Waals surface area contributed by atoms with Crippen molar-refractivity contribution in [2.45, 2.75) is 19.4 Å². The van der Waals surface area contributed by atoms with Gasteiger partial charge in [0.2, 0.25) is 5.91 Å². The monoisotopic (exact) mass is 356 g/mol. The van der Waals surface area contributed by atoms with Crippen LogP contribution in [0.5, 0.6) is 0 Å². The van der Waals surface area contributed by atoms with Crippen LogP contribution in [0.2, 0.25) is 0 Å². The molecular formula is C18H20N4O2S. The van der Waals surface area contributed by atoms with Gasteiger partial charge in [0.15, 0.2) is 5.01 Å². The molecule has 7 heteroatoms. The number of rotatable bonds is 4. The van der Waals surface area contributed by atoms with E-state index in [1.165, 1.54) is 18.3 Å². The Balaban J connectivity index is 1.50. The predicted molar refractivity (Wildman–Crippen MR) is 97.7 cm³/mol. The van der Waals surface area contributed by atoms with Crippen molar-refractivity contribution in [3.05, 3.63) is 35.5 Å². The highest BCUT2D eigenvalue weighted by molar-refractivity contribution is 7.17. The third kappa shape index (κ3) is 3.29. The molecule has 1 aromatic heterocycles. The van der Waals surface area contributed by atoms with Crippen LogP contribution >= 0.6 is 11.3 Å². The fourth-order valence-corrected chi connectivity index (χ4v) is 4.54. The summed E-state index contributed by atoms with van der Waals surface area (Å²) in [5.41, 5.74) is 1.60. The molecule has 3 atom stereocenters. The third-order valence-electron chi connectivity index (χ3n) is 4.85. The van der Waals surface area contributed by atoms with Gasteiger partial charge in [0.1, 0.15) is 0 Å². The Morgan fingerprint density at radius 2 is 2.12 bits per heavy atom. The summed E-state index contributed by atoms with van der Waals surface area (Å²) >= 11 is 1.35. The van der Waals surface area contributed by atoms with Crippen LogP contribution < -0.4 is 10.6 Å². The molecule has 2 N–H and O–H groups in total. The van der Waals surface area contributed by atoms with Crippen molar-refractivity contribution >= 4 is 28.8 Å². The Morgan fingerprint density at radius 1 is 1.28 bits per heavy atom. The Bertz CT molecular complexity index is 819. The van der Waals surface area contributed by atoms with Crippen LogP contribution in [0.25, 0.3) is 10.4 Å². The van der Waals surface area contributed by atoms with E-state index in [1.807, 2.05) is 24.3 Å². The second kappa shape index (κ2) is 6.57. The minimum absolute atomic E-state index is 0.105. The van der Waals surface area contributed by atoms with Crippen molar-refractivity contribution in [3.63, 3.8) is 0 Å². The highest BCUT2D eigenvalue weighted by Crippen LogP contribution is 2.33. The van der Waals surface area contributed by atoms with E-state index in [9.17, 15) is 9.59 Å². The summed E-state index contributed by atoms with van der Waals surface area (Å²) in [4.78, 5) is 31.5. The van der Waals surface area contributed by atoms with Gasteiger partial charge in [0.25, 0.3) is 5.91 Å². The Morgan fingerprint density at radius 3 is 2.84 bits per heavy atom. The molecule has 0 saturated carbocycles. The molecular weight excluding hydrogens is 336 g/mol. The molecule has 1 aromatic carbocycles. The average molecular weight is 356 g/mol. The number of fused-ring (bicyclic) bond motifs is 2. The number of amides is 2. The molecule has 2 aliphatic heterocycles. The molecule has 130 valence electrons. The van der Waals surface area contributed by atoms with Gasteiger partial charge in [0.05, 0.1) is 4.88 Å². The smallest absolute Gasteiger partial charge is 0.280 e. The molecule has 2 aromatic rings. The van der Waals surface area contributed by atoms with E-state index in [2.05, 4.69) is 20.5 Å². The molecule has 0 radical (unpaired) electrons. The highest BCUT2D eigenvalue weighted by Gasteiger charge is 2.38. The number of nitrogens with zero attached hydrogens (tertiary/aromatic N) is 2. The highest BCUT2D eigenvalue weighted by atomic mass is 32.1. The molecule has 0 aliphatic carbocycles. The summed E-state index contributed by atoms with van der Waals surface area (Å²) in [6, 6.07) is 7.78. The summed E-state index contributed by atoms with van der Waals surface area (Å²) in [5, 5.41) is 6.42. The summed E-state index contributed by atoms with van der Waals surface area (Å²) in [6.45, 7) is 4.67. The van der Waals surface area contributed by atoms with Crippen molar-refractivity contribution < 1.29 is 9.59 Å². The molecule has 0 spiro atoms. The fraction of sp³-hybridized carbons (Fsp3) is 0.389. The summed E-state index contributed by atoms with van der Waals surface area (Å²) < 4.78 is 0. The van der Waals surface area contributed by atoms with E-state index in [0.29, 0.717) is 10.9 Å². The van der Waals surface area contributed by atoms with E-state index in [0.717, 1.165) is 42.2 Å². The molecule has 2 unspecified atom stereocenters. The van der Waals surface area contributed by atoms with Gasteiger partial charge in [-0.2, -0.15) is 0 Å². The third-order valence-corrected chi connectivity index (χ3v) is 5.88. The number of benzene rings is 1. The number of nitrogens with one attached hydrogen (secondary N) is 2. The normalized spacial score (nSPS) is 24.3. The number of carbonyl (C=O) groups excluding carboxylic acids is 2. The van der Waals surface area contributed by atoms with Crippen LogP contribution in [0, 0.1) is 5.92 Å². The van der Waals surface area contributed by atoms with Gasteiger partial charge < -0.3 is 15.5 Å². The van der Waals surface area contributed by atoms with E-state index < -0.39 is 0 Å². The van der Waals surface area contributed by atoms with Gasteiger partial charge in [-0.15, -0.1) is 11.3 Å². The van der Waals surface area contributed by atoms with Gasteiger partial charge in [-0.05, 0) is 24.9 Å². The number of carbonyl (C=O) groups is 2. The largest absolute Gasteiger partial charge is 0.346 e. The first-order valence-corrected chi connectivity index (χ1v) is 9.28. The molecule has 2 amide bonds. The number of piperidine rings is 1. The second-order valence-corrected chi connectivity index (χ2v) is 7.68. The minimum atomic E-state index is -0.124. The molecule has 3 heterocycles. The van der Waals surface area contributed by atoms with E-state index in [1.54, 1.807) is 6.20 Å². The lowest BCUT2D eigenvalue weighted by Gasteiger charge is -2.22. The Hall–Kier alpha value is -2.25. The lowest BCUT2D eigenvalue weighted by molar-refractivity contribution is -0.114. The van der Waals surface area contributed by atoms with Crippen molar-refractivity contribution in [1.29, 1.82) is 0 Å². The Kier molecular flexibility index (Phi) is 4.27. The number of anilines is 1. The lowest BCUT2D eigenvalue weighted by atomic mass is 10.0. The first kappa shape index (κ1) is 16.2. The van der Waals surface area contributed by atoms with E-state index >= 15 is 0 Å². The maximum atomic E-state index is 12.5. The number of hydrogen-bond acceptors (Lipinski definition) is 5. The van der Waals surface area contributed by atoms with Crippen molar-refractivity contribution in [2.75, 3.05) is 25.0 Å². The number of hydrogen-bond donors (Lipinski definition) is 2. The zero-order valence-electron chi connectivity index (χ0n) is 14.0. The quantitative estimate of drug-likeness (QED) is 0.881. The van der Waals surface area contributed by atoms with Gasteiger partial charge in [-0.3, -0.25) is 9.59 Å². The van der Waals surface area contributed by atoms with Gasteiger partial charge in [-0.25, -0.2) is 4.98 Å². The summed E-state index contributed by atoms with van der Waals surface area (Å²) in [5.74, 6) is 0.345. The molecule has 25 heavy (non-hydrogen) atoms. The fourth-order valence-electron chi connectivity index (χ4n) is 3.68. The van der Waals surface area contributed by atoms with Crippen molar-refractivity contribution in [3.8, 4) is 10.4 Å². The first-order valence-electron chi connectivity index (χ1n) is 8.46. The topological polar surface area (TPSA) is 74.3 Å². The van der Waals surface area contributed by atoms with E-state index in [4.69, 9.17) is 0 Å². The van der Waals surface area contributed by atoms with Crippen LogP contribution in [0.3, 0.4) is 0 Å². The molecule has 2 saturated heterocycles. The van der Waals surface area contributed by atoms with Gasteiger partial charge in [0, 0.05) is 43.5 Å². The SMILES string of the molecule is CC(=O)Nc1ccccc1-c1cnc(C(=O)NC2CN3CC[C@H]2C3)s1. The lowest BCUT2D eigenvalue weighted by Crippen LogP contribution is -2.43. The zero-order valence-corrected chi connectivity index (χ0v) is 14.8. The summed E-state index contributed by atoms with van der Waals surface area (Å²) in [6.07, 6.45) is 2.86. The van der Waals surface area contributed by atoms with Crippen LogP contribution in [0.4, 0.5) is 5.69 Å². The molecule has 2 bridgehead atoms. The average Bonchev–Trinajstić information content (AvgIpc) is 3.31. The second-order valence-electron chi connectivity index (χ2n) is 6.64. The maximum Gasteiger partial charge on any atom is 0.280 e. The number of aromatic nitrogens is 1. The van der Waals surface area contributed by atoms with Crippen LogP contribution in [-0.2, 0) is 4.79 Å². The Labute approximate surface area is 150 Å². The van der Waals surface area contributed by atoms with Gasteiger partial charge >= 0.3 is 0 Å². The number of para-hydroxylation sites is 1. The predicted octanol–water partition coefficient (Wildman–Crippen LogP) is 2.20. The number of thiazole rings is 1. The standard InChI is InChI=1S/C18H20N4O2S/c1-11(23)20-14-5-3-2-4-13(14)16-8-19-18(25-16)17(24)21-15-10-22-7-6-12(15)9-22/h2-5,8,12,15H,6-7,9-10H2,1H3,(H,20,23)(H,21,24)/t12-,15?/m0/s1. The van der Waals surface area contributed by atoms with Crippen LogP contribution in [0.15, 0.2) is 30.5 Å². The minimum Gasteiger partial charge on any atom is -0.346 e. The van der Waals surface area contributed by atoms with Crippen LogP contribution in [0.1, 0.15) is 23.1 Å². The first-order chi connectivity index (χ1) is 12.1. The maximum absolute atomic E-state index is 12.5. The van der Waals surface area contributed by atoms with Crippen molar-refractivity contribution in [1.82, 2.24) is 15.2 Å². The molecule has 2 aliphatic rings. The zero-order chi connectivity index (χ0) is 17.4. The van der Waals surface area contributed by atoms with E-state index in [-0.39, 0.29) is 17.9 Å². The van der Waals surface area contributed by atoms with Crippen LogP contribution in [-0.4, -0.2) is 47.4 Å².